The van der Waals surface area contributed by atoms with Gasteiger partial charge in [0.25, 0.3) is 0 Å². The van der Waals surface area contributed by atoms with E-state index in [1.54, 1.807) is 16.9 Å². The fourth-order valence-electron chi connectivity index (χ4n) is 2.98. The third-order valence-corrected chi connectivity index (χ3v) is 4.44. The van der Waals surface area contributed by atoms with Crippen LogP contribution in [0.15, 0.2) is 60.9 Å². The van der Waals surface area contributed by atoms with Crippen molar-refractivity contribution in [2.75, 3.05) is 11.1 Å². The van der Waals surface area contributed by atoms with Crippen LogP contribution < -0.4 is 11.1 Å². The van der Waals surface area contributed by atoms with Gasteiger partial charge < -0.3 is 11.1 Å². The van der Waals surface area contributed by atoms with Gasteiger partial charge in [0, 0.05) is 11.8 Å². The molecule has 2 aromatic carbocycles. The molecule has 2 heterocycles. The standard InChI is InChI=1S/C21H18N8/c1-14-10-15(11-22)6-7-17(14)19-8-9-24-21(26-19)25-12-16-13-29(28-27-16)20-5-3-2-4-18(20)23/h2-10,13H,12,23H2,1H3,(H,24,25,26). The summed E-state index contributed by atoms with van der Waals surface area (Å²) in [7, 11) is 0. The first-order chi connectivity index (χ1) is 14.1. The number of aryl methyl sites for hydroxylation is 1. The summed E-state index contributed by atoms with van der Waals surface area (Å²) in [5, 5.41) is 20.5. The Balaban J connectivity index is 1.50. The molecule has 8 heteroatoms. The summed E-state index contributed by atoms with van der Waals surface area (Å²) in [6.07, 6.45) is 3.51. The van der Waals surface area contributed by atoms with Crippen LogP contribution in [-0.4, -0.2) is 25.0 Å². The van der Waals surface area contributed by atoms with Crippen molar-refractivity contribution in [3.05, 3.63) is 77.7 Å². The maximum absolute atomic E-state index is 9.03. The van der Waals surface area contributed by atoms with Gasteiger partial charge in [-0.25, -0.2) is 14.6 Å². The quantitative estimate of drug-likeness (QED) is 0.509. The second-order valence-electron chi connectivity index (χ2n) is 6.47. The van der Waals surface area contributed by atoms with Gasteiger partial charge in [0.2, 0.25) is 5.95 Å². The van der Waals surface area contributed by atoms with E-state index in [4.69, 9.17) is 11.0 Å². The number of nitriles is 1. The third kappa shape index (κ3) is 3.89. The summed E-state index contributed by atoms with van der Waals surface area (Å²) in [6.45, 7) is 2.38. The Bertz CT molecular complexity index is 1210. The Hall–Kier alpha value is -4.25. The zero-order valence-corrected chi connectivity index (χ0v) is 15.7. The van der Waals surface area contributed by atoms with E-state index >= 15 is 0 Å². The molecule has 0 atom stereocenters. The van der Waals surface area contributed by atoms with Gasteiger partial charge in [0.05, 0.1) is 41.4 Å². The molecule has 0 aliphatic carbocycles. The van der Waals surface area contributed by atoms with Crippen molar-refractivity contribution >= 4 is 11.6 Å². The number of hydrogen-bond donors (Lipinski definition) is 2. The number of nitrogens with zero attached hydrogens (tertiary/aromatic N) is 6. The number of benzene rings is 2. The smallest absolute Gasteiger partial charge is 0.223 e. The van der Waals surface area contributed by atoms with Crippen LogP contribution in [0.3, 0.4) is 0 Å². The highest BCUT2D eigenvalue weighted by atomic mass is 15.4. The molecule has 0 radical (unpaired) electrons. The van der Waals surface area contributed by atoms with E-state index in [1.807, 2.05) is 55.6 Å². The van der Waals surface area contributed by atoms with Crippen LogP contribution >= 0.6 is 0 Å². The van der Waals surface area contributed by atoms with Gasteiger partial charge in [0.1, 0.15) is 5.69 Å². The normalized spacial score (nSPS) is 10.5. The van der Waals surface area contributed by atoms with Gasteiger partial charge in [-0.3, -0.25) is 0 Å². The number of para-hydroxylation sites is 2. The molecule has 4 aromatic rings. The number of anilines is 2. The average Bonchev–Trinajstić information content (AvgIpc) is 3.21. The molecule has 3 N–H and O–H groups in total. The zero-order valence-electron chi connectivity index (χ0n) is 15.7. The molecule has 0 aliphatic rings. The number of nitrogen functional groups attached to an aromatic ring is 1. The van der Waals surface area contributed by atoms with Crippen molar-refractivity contribution in [1.29, 1.82) is 5.26 Å². The topological polar surface area (TPSA) is 118 Å². The molecular formula is C21H18N8. The molecule has 0 aliphatic heterocycles. The molecule has 0 amide bonds. The second-order valence-corrected chi connectivity index (χ2v) is 6.47. The lowest BCUT2D eigenvalue weighted by Crippen LogP contribution is -2.04. The highest BCUT2D eigenvalue weighted by molar-refractivity contribution is 5.65. The molecule has 0 unspecified atom stereocenters. The van der Waals surface area contributed by atoms with E-state index < -0.39 is 0 Å². The molecule has 142 valence electrons. The summed E-state index contributed by atoms with van der Waals surface area (Å²) in [5.41, 5.74) is 11.5. The predicted molar refractivity (Wildman–Crippen MR) is 110 cm³/mol. The number of nitrogens with two attached hydrogens (primary N) is 1. The SMILES string of the molecule is Cc1cc(C#N)ccc1-c1ccnc(NCc2cn(-c3ccccc3N)nn2)n1. The van der Waals surface area contributed by atoms with Gasteiger partial charge in [-0.1, -0.05) is 23.4 Å². The summed E-state index contributed by atoms with van der Waals surface area (Å²) < 4.78 is 1.64. The molecule has 0 bridgehead atoms. The Kier molecular flexibility index (Phi) is 4.86. The van der Waals surface area contributed by atoms with Crippen molar-refractivity contribution in [2.45, 2.75) is 13.5 Å². The number of nitrogens with one attached hydrogen (secondary N) is 1. The van der Waals surface area contributed by atoms with Crippen molar-refractivity contribution in [3.63, 3.8) is 0 Å². The average molecular weight is 382 g/mol. The first-order valence-corrected chi connectivity index (χ1v) is 8.98. The van der Waals surface area contributed by atoms with Gasteiger partial charge in [-0.05, 0) is 42.8 Å². The minimum atomic E-state index is 0.419. The predicted octanol–water partition coefficient (Wildman–Crippen LogP) is 3.10. The van der Waals surface area contributed by atoms with Crippen LogP contribution in [0, 0.1) is 18.3 Å². The van der Waals surface area contributed by atoms with Crippen LogP contribution in [0.4, 0.5) is 11.6 Å². The minimum Gasteiger partial charge on any atom is -0.397 e. The monoisotopic (exact) mass is 382 g/mol. The van der Waals surface area contributed by atoms with Gasteiger partial charge in [-0.15, -0.1) is 5.10 Å². The van der Waals surface area contributed by atoms with Crippen molar-refractivity contribution < 1.29 is 0 Å². The van der Waals surface area contributed by atoms with E-state index in [0.29, 0.717) is 23.7 Å². The summed E-state index contributed by atoms with van der Waals surface area (Å²) in [4.78, 5) is 8.85. The summed E-state index contributed by atoms with van der Waals surface area (Å²) >= 11 is 0. The Morgan fingerprint density at radius 3 is 2.83 bits per heavy atom. The van der Waals surface area contributed by atoms with Crippen LogP contribution in [0.5, 0.6) is 0 Å². The third-order valence-electron chi connectivity index (χ3n) is 4.44. The van der Waals surface area contributed by atoms with Crippen LogP contribution in [0.1, 0.15) is 16.8 Å². The molecule has 0 saturated heterocycles. The number of rotatable bonds is 5. The van der Waals surface area contributed by atoms with E-state index in [-0.39, 0.29) is 0 Å². The van der Waals surface area contributed by atoms with Crippen LogP contribution in [-0.2, 0) is 6.54 Å². The van der Waals surface area contributed by atoms with Crippen LogP contribution in [0.2, 0.25) is 0 Å². The zero-order chi connectivity index (χ0) is 20.2. The Morgan fingerprint density at radius 2 is 2.03 bits per heavy atom. The Morgan fingerprint density at radius 1 is 1.17 bits per heavy atom. The van der Waals surface area contributed by atoms with E-state index in [2.05, 4.69) is 31.7 Å². The van der Waals surface area contributed by atoms with Gasteiger partial charge in [-0.2, -0.15) is 5.26 Å². The van der Waals surface area contributed by atoms with Crippen LogP contribution in [0.25, 0.3) is 16.9 Å². The maximum atomic E-state index is 9.03. The largest absolute Gasteiger partial charge is 0.397 e. The fourth-order valence-corrected chi connectivity index (χ4v) is 2.98. The minimum absolute atomic E-state index is 0.419. The highest BCUT2D eigenvalue weighted by Gasteiger charge is 2.08. The number of hydrogen-bond acceptors (Lipinski definition) is 7. The molecule has 0 spiro atoms. The Labute approximate surface area is 167 Å². The number of aromatic nitrogens is 5. The lowest BCUT2D eigenvalue weighted by molar-refractivity contribution is 0.799. The van der Waals surface area contributed by atoms with Crippen molar-refractivity contribution in [1.82, 2.24) is 25.0 Å². The maximum Gasteiger partial charge on any atom is 0.223 e. The van der Waals surface area contributed by atoms with Gasteiger partial charge >= 0.3 is 0 Å². The summed E-state index contributed by atoms with van der Waals surface area (Å²) in [5.74, 6) is 0.486. The van der Waals surface area contributed by atoms with E-state index in [0.717, 1.165) is 28.2 Å². The first-order valence-electron chi connectivity index (χ1n) is 8.98. The summed E-state index contributed by atoms with van der Waals surface area (Å²) in [6, 6.07) is 17.0. The lowest BCUT2D eigenvalue weighted by atomic mass is 10.0. The second kappa shape index (κ2) is 7.78. The molecule has 2 aromatic heterocycles. The molecule has 29 heavy (non-hydrogen) atoms. The molecule has 0 saturated carbocycles. The lowest BCUT2D eigenvalue weighted by Gasteiger charge is -2.08. The molecule has 8 nitrogen and oxygen atoms in total. The molecule has 4 rings (SSSR count). The van der Waals surface area contributed by atoms with E-state index in [1.165, 1.54) is 0 Å². The highest BCUT2D eigenvalue weighted by Crippen LogP contribution is 2.23. The first kappa shape index (κ1) is 18.1. The van der Waals surface area contributed by atoms with Gasteiger partial charge in [0.15, 0.2) is 0 Å². The molecular weight excluding hydrogens is 364 g/mol. The van der Waals surface area contributed by atoms with Crippen molar-refractivity contribution in [3.8, 4) is 23.0 Å². The van der Waals surface area contributed by atoms with Crippen molar-refractivity contribution in [2.24, 2.45) is 0 Å². The fraction of sp³-hybridized carbons (Fsp3) is 0.0952. The molecule has 0 fully saturated rings. The van der Waals surface area contributed by atoms with E-state index in [9.17, 15) is 0 Å².